The minimum atomic E-state index is -0.594. The highest BCUT2D eigenvalue weighted by molar-refractivity contribution is 8.04. The Balaban J connectivity index is 1.80. The minimum Gasteiger partial charge on any atom is -0.462 e. The van der Waals surface area contributed by atoms with Crippen LogP contribution in [0.1, 0.15) is 32.6 Å². The Bertz CT molecular complexity index is 685. The molecule has 3 aliphatic rings. The van der Waals surface area contributed by atoms with E-state index in [0.29, 0.717) is 24.2 Å². The zero-order valence-electron chi connectivity index (χ0n) is 13.9. The second kappa shape index (κ2) is 7.03. The molecule has 1 amide bonds. The molecule has 25 heavy (non-hydrogen) atoms. The third-order valence-electron chi connectivity index (χ3n) is 4.34. The predicted octanol–water partition coefficient (Wildman–Crippen LogP) is 1.53. The Morgan fingerprint density at radius 3 is 2.80 bits per heavy atom. The van der Waals surface area contributed by atoms with E-state index in [1.807, 2.05) is 0 Å². The first-order chi connectivity index (χ1) is 11.9. The van der Waals surface area contributed by atoms with Crippen molar-refractivity contribution in [3.05, 3.63) is 23.3 Å². The second-order valence-electron chi connectivity index (χ2n) is 6.24. The summed E-state index contributed by atoms with van der Waals surface area (Å²) in [5.41, 5.74) is 0.213. The maximum Gasteiger partial charge on any atom is 0.356 e. The molecular weight excluding hydrogens is 346 g/mol. The van der Waals surface area contributed by atoms with Gasteiger partial charge >= 0.3 is 11.9 Å². The number of amides is 1. The van der Waals surface area contributed by atoms with E-state index >= 15 is 0 Å². The summed E-state index contributed by atoms with van der Waals surface area (Å²) < 4.78 is 10.3. The zero-order chi connectivity index (χ0) is 18.1. The number of hydrogen-bond donors (Lipinski definition) is 0. The fraction of sp³-hybridized carbons (Fsp3) is 0.529. The van der Waals surface area contributed by atoms with Crippen molar-refractivity contribution in [3.8, 4) is 0 Å². The van der Waals surface area contributed by atoms with Crippen LogP contribution < -0.4 is 0 Å². The number of ether oxygens (including phenoxy) is 2. The molecule has 0 aromatic heterocycles. The highest BCUT2D eigenvalue weighted by Gasteiger charge is 2.56. The number of carbonyl (C=O) groups is 4. The van der Waals surface area contributed by atoms with Crippen molar-refractivity contribution in [3.63, 3.8) is 0 Å². The highest BCUT2D eigenvalue weighted by Crippen LogP contribution is 2.52. The zero-order valence-corrected chi connectivity index (χ0v) is 14.7. The van der Waals surface area contributed by atoms with Gasteiger partial charge in [0.15, 0.2) is 0 Å². The number of Topliss-reactive ketones (excluding diaryl/α,β-unsaturated/α-hetero) is 1. The third-order valence-corrected chi connectivity index (χ3v) is 5.76. The molecule has 2 fully saturated rings. The van der Waals surface area contributed by atoms with Crippen LogP contribution in [0, 0.1) is 5.92 Å². The monoisotopic (exact) mass is 365 g/mol. The quantitative estimate of drug-likeness (QED) is 0.384. The molecule has 0 spiro atoms. The standard InChI is InChI=1S/C17H19NO6S/c1-3-6-23-17(22)14-12(8-10-4-5-13(20)24-10)25-16-11(7-9(2)19)15(21)18(14)16/h3,10-11,16H,1,4-8H2,2H3/t10?,11-,16-/m1/s1. The number of hydrogen-bond acceptors (Lipinski definition) is 7. The van der Waals surface area contributed by atoms with Crippen molar-refractivity contribution in [2.75, 3.05) is 6.61 Å². The smallest absolute Gasteiger partial charge is 0.356 e. The lowest BCUT2D eigenvalue weighted by atomic mass is 9.92. The number of ketones is 1. The van der Waals surface area contributed by atoms with Crippen LogP contribution in [0.4, 0.5) is 0 Å². The molecule has 3 atom stereocenters. The van der Waals surface area contributed by atoms with E-state index in [2.05, 4.69) is 6.58 Å². The molecule has 0 radical (unpaired) electrons. The fourth-order valence-electron chi connectivity index (χ4n) is 3.22. The molecule has 3 heterocycles. The molecule has 0 bridgehead atoms. The van der Waals surface area contributed by atoms with Crippen LogP contribution in [-0.2, 0) is 28.7 Å². The van der Waals surface area contributed by atoms with Crippen molar-refractivity contribution < 1.29 is 28.7 Å². The number of nitrogens with zero attached hydrogens (tertiary/aromatic N) is 1. The summed E-state index contributed by atoms with van der Waals surface area (Å²) >= 11 is 1.39. The summed E-state index contributed by atoms with van der Waals surface area (Å²) in [5, 5.41) is -0.269. The normalized spacial score (nSPS) is 27.7. The second-order valence-corrected chi connectivity index (χ2v) is 7.45. The van der Waals surface area contributed by atoms with E-state index in [-0.39, 0.29) is 47.9 Å². The van der Waals surface area contributed by atoms with Crippen LogP contribution in [0.5, 0.6) is 0 Å². The van der Waals surface area contributed by atoms with Gasteiger partial charge in [0.25, 0.3) is 0 Å². The molecule has 0 aromatic rings. The lowest BCUT2D eigenvalue weighted by Crippen LogP contribution is -2.57. The largest absolute Gasteiger partial charge is 0.462 e. The summed E-state index contributed by atoms with van der Waals surface area (Å²) in [6, 6.07) is 0. The molecule has 0 N–H and O–H groups in total. The number of carbonyl (C=O) groups excluding carboxylic acids is 4. The van der Waals surface area contributed by atoms with Gasteiger partial charge in [-0.1, -0.05) is 12.7 Å². The fourth-order valence-corrected chi connectivity index (χ4v) is 4.78. The van der Waals surface area contributed by atoms with Crippen molar-refractivity contribution in [1.82, 2.24) is 4.90 Å². The third kappa shape index (κ3) is 3.35. The average Bonchev–Trinajstić information content (AvgIpc) is 3.12. The summed E-state index contributed by atoms with van der Waals surface area (Å²) in [4.78, 5) is 49.6. The molecule has 1 unspecified atom stereocenters. The van der Waals surface area contributed by atoms with Crippen LogP contribution in [0.15, 0.2) is 23.3 Å². The molecule has 0 aromatic carbocycles. The molecule has 134 valence electrons. The number of rotatable bonds is 7. The molecular formula is C17H19NO6S. The Morgan fingerprint density at radius 2 is 2.20 bits per heavy atom. The van der Waals surface area contributed by atoms with E-state index in [1.54, 1.807) is 0 Å². The number of cyclic esters (lactones) is 1. The minimum absolute atomic E-state index is 0.0439. The van der Waals surface area contributed by atoms with Crippen LogP contribution in [0.25, 0.3) is 0 Å². The summed E-state index contributed by atoms with van der Waals surface area (Å²) in [6.45, 7) is 4.99. The van der Waals surface area contributed by atoms with Crippen LogP contribution in [0.3, 0.4) is 0 Å². The lowest BCUT2D eigenvalue weighted by molar-refractivity contribution is -0.154. The van der Waals surface area contributed by atoms with Crippen molar-refractivity contribution >= 4 is 35.4 Å². The van der Waals surface area contributed by atoms with Gasteiger partial charge in [0.1, 0.15) is 24.2 Å². The Labute approximate surface area is 149 Å². The lowest BCUT2D eigenvalue weighted by Gasteiger charge is -2.42. The van der Waals surface area contributed by atoms with Gasteiger partial charge in [-0.2, -0.15) is 0 Å². The van der Waals surface area contributed by atoms with E-state index in [1.165, 1.54) is 29.7 Å². The molecule has 3 aliphatic heterocycles. The van der Waals surface area contributed by atoms with Crippen molar-refractivity contribution in [2.45, 2.75) is 44.1 Å². The SMILES string of the molecule is C=CCOC(=O)C1=C(CC2CCC(=O)O2)S[C@@H]2[C@H](CC(C)=O)C(=O)N12. The Morgan fingerprint density at radius 1 is 1.44 bits per heavy atom. The van der Waals surface area contributed by atoms with Crippen LogP contribution in [0.2, 0.25) is 0 Å². The van der Waals surface area contributed by atoms with Crippen LogP contribution in [-0.4, -0.2) is 46.6 Å². The van der Waals surface area contributed by atoms with Crippen molar-refractivity contribution in [2.24, 2.45) is 5.92 Å². The Hall–Kier alpha value is -2.09. The van der Waals surface area contributed by atoms with Gasteiger partial charge in [0, 0.05) is 24.2 Å². The maximum atomic E-state index is 12.4. The summed E-state index contributed by atoms with van der Waals surface area (Å²) in [5.74, 6) is -1.57. The summed E-state index contributed by atoms with van der Waals surface area (Å²) in [6.07, 6.45) is 2.64. The van der Waals surface area contributed by atoms with E-state index in [4.69, 9.17) is 9.47 Å². The number of thioether (sulfide) groups is 1. The number of β-lactam (4-membered cyclic amide) rings is 1. The topological polar surface area (TPSA) is 90.0 Å². The molecule has 3 rings (SSSR count). The average molecular weight is 365 g/mol. The van der Waals surface area contributed by atoms with Gasteiger partial charge in [-0.05, 0) is 13.3 Å². The highest BCUT2D eigenvalue weighted by atomic mass is 32.2. The predicted molar refractivity (Wildman–Crippen MR) is 88.9 cm³/mol. The first kappa shape index (κ1) is 17.7. The van der Waals surface area contributed by atoms with Gasteiger partial charge in [-0.15, -0.1) is 11.8 Å². The molecule has 7 nitrogen and oxygen atoms in total. The number of fused-ring (bicyclic) bond motifs is 1. The van der Waals surface area contributed by atoms with Crippen molar-refractivity contribution in [1.29, 1.82) is 0 Å². The first-order valence-electron chi connectivity index (χ1n) is 8.12. The van der Waals surface area contributed by atoms with E-state index in [0.717, 1.165) is 0 Å². The van der Waals surface area contributed by atoms with Gasteiger partial charge in [0.05, 0.1) is 11.3 Å². The van der Waals surface area contributed by atoms with Crippen LogP contribution >= 0.6 is 11.8 Å². The van der Waals surface area contributed by atoms with Gasteiger partial charge in [-0.25, -0.2) is 4.79 Å². The van der Waals surface area contributed by atoms with Gasteiger partial charge < -0.3 is 14.3 Å². The molecule has 8 heteroatoms. The maximum absolute atomic E-state index is 12.4. The Kier molecular flexibility index (Phi) is 4.99. The van der Waals surface area contributed by atoms with Gasteiger partial charge in [0.2, 0.25) is 5.91 Å². The number of esters is 2. The van der Waals surface area contributed by atoms with E-state index < -0.39 is 11.9 Å². The van der Waals surface area contributed by atoms with E-state index in [9.17, 15) is 19.2 Å². The molecule has 0 saturated carbocycles. The van der Waals surface area contributed by atoms with Gasteiger partial charge in [-0.3, -0.25) is 14.5 Å². The summed E-state index contributed by atoms with van der Waals surface area (Å²) in [7, 11) is 0. The molecule has 0 aliphatic carbocycles. The first-order valence-corrected chi connectivity index (χ1v) is 9.00. The molecule has 2 saturated heterocycles.